The molecule has 2 aliphatic heterocycles. The van der Waals surface area contributed by atoms with Gasteiger partial charge in [0.05, 0.1) is 57.2 Å². The fraction of sp³-hybridized carbons (Fsp3) is 0. The van der Waals surface area contributed by atoms with Crippen molar-refractivity contribution in [3.63, 3.8) is 0 Å². The zero-order valence-electron chi connectivity index (χ0n) is 60.5. The molecule has 0 amide bonds. The minimum atomic E-state index is 0.563. The molecule has 0 saturated carbocycles. The van der Waals surface area contributed by atoms with Gasteiger partial charge >= 0.3 is 0 Å². The lowest BCUT2D eigenvalue weighted by molar-refractivity contribution is 0.477. The molecule has 10 aromatic heterocycles. The molecule has 2 aliphatic rings. The van der Waals surface area contributed by atoms with Crippen LogP contribution < -0.4 is 19.3 Å². The number of oxazole rings is 4. The smallest absolute Gasteiger partial charge is 0.228 e. The third-order valence-corrected chi connectivity index (χ3v) is 20.2. The van der Waals surface area contributed by atoms with Gasteiger partial charge in [-0.25, -0.2) is 19.9 Å². The van der Waals surface area contributed by atoms with Crippen molar-refractivity contribution in [2.75, 3.05) is 9.80 Å². The average molecular weight is 1480 g/mol. The number of rotatable bonds is 8. The van der Waals surface area contributed by atoms with Crippen LogP contribution >= 0.6 is 0 Å². The van der Waals surface area contributed by atoms with Crippen LogP contribution in [-0.2, 0) is 0 Å². The molecular weight excluding hydrogens is 1420 g/mol. The summed E-state index contributed by atoms with van der Waals surface area (Å²) in [6.07, 6.45) is 10.2. The van der Waals surface area contributed by atoms with E-state index in [1.807, 2.05) is 146 Å². The Morgan fingerprint density at radius 3 is 0.842 bits per heavy atom. The van der Waals surface area contributed by atoms with E-state index in [0.29, 0.717) is 57.2 Å². The van der Waals surface area contributed by atoms with Crippen LogP contribution in [0.25, 0.3) is 145 Å². The van der Waals surface area contributed by atoms with Crippen molar-refractivity contribution in [3.05, 3.63) is 365 Å². The molecule has 0 spiro atoms. The zero-order valence-corrected chi connectivity index (χ0v) is 60.5. The monoisotopic (exact) mass is 1480 g/mol. The number of pyridine rings is 4. The molecule has 114 heavy (non-hydrogen) atoms. The maximum atomic E-state index is 6.08. The van der Waals surface area contributed by atoms with Crippen molar-refractivity contribution < 1.29 is 27.1 Å². The zero-order chi connectivity index (χ0) is 75.4. The van der Waals surface area contributed by atoms with E-state index in [0.717, 1.165) is 102 Å². The summed E-state index contributed by atoms with van der Waals surface area (Å²) in [5.74, 6) is 5.68. The van der Waals surface area contributed by atoms with Gasteiger partial charge in [-0.05, 0) is 206 Å². The largest absolute Gasteiger partial charge is 0.453 e. The normalized spacial score (nSPS) is 12.0. The number of benzene rings is 12. The Morgan fingerprint density at radius 2 is 0.518 bits per heavy atom. The summed E-state index contributed by atoms with van der Waals surface area (Å²) >= 11 is 0. The molecule has 0 aliphatic carbocycles. The number of para-hydroxylation sites is 12. The molecule has 540 valence electrons. The molecule has 18 heteroatoms. The quantitative estimate of drug-likeness (QED) is 0.139. The van der Waals surface area contributed by atoms with E-state index in [1.165, 1.54) is 43.6 Å². The molecule has 0 fully saturated rings. The van der Waals surface area contributed by atoms with E-state index in [9.17, 15) is 0 Å². The Balaban J connectivity index is 0.0000000955. The molecule has 18 nitrogen and oxygen atoms in total. The molecule has 12 heterocycles. The number of hydrogen-bond donors (Lipinski definition) is 0. The third-order valence-electron chi connectivity index (χ3n) is 20.2. The molecular formula is C96H60N12O6. The standard InChI is InChI=1S/2C24H15N3O2.2C24H15N3O/c1-3-8-20-18(6-1)27(19-7-2-4-9-21(19)28-20)17-13-11-16(12-14-17)24-26-23-22(29-24)10-5-15-25-23;1-3-7-21-19(5-1)27(20-6-2-4-8-22(20)28-21)17-11-9-16(10-12-17)24-26-18-13-14-25-15-23(18)29-24;1-3-8-20-18(6-1)19-7-2-4-9-21(19)27(20)17-13-11-16(12-14-17)24-26-23-22(28-24)10-5-15-25-23;1-3-7-21-18(5-1)19-6-2-4-8-22(19)27(21)17-11-9-16(10-12-17)24-26-20-13-14-25-15-23(20)28-24/h2*1-15H;2*1-15H. The lowest BCUT2D eigenvalue weighted by Gasteiger charge is -2.32. The molecule has 12 aromatic carbocycles. The minimum Gasteiger partial charge on any atom is -0.453 e. The van der Waals surface area contributed by atoms with Crippen molar-refractivity contribution in [2.45, 2.75) is 0 Å². The molecule has 22 aromatic rings. The van der Waals surface area contributed by atoms with Crippen LogP contribution in [0.3, 0.4) is 0 Å². The maximum absolute atomic E-state index is 6.08. The lowest BCUT2D eigenvalue weighted by atomic mass is 10.1. The molecule has 0 N–H and O–H groups in total. The Labute approximate surface area is 649 Å². The highest BCUT2D eigenvalue weighted by atomic mass is 16.5. The topological polar surface area (TPSA) is 190 Å². The van der Waals surface area contributed by atoms with Crippen LogP contribution in [0, 0.1) is 0 Å². The molecule has 24 rings (SSSR count). The van der Waals surface area contributed by atoms with Crippen molar-refractivity contribution >= 4 is 122 Å². The summed E-state index contributed by atoms with van der Waals surface area (Å²) in [5.41, 5.74) is 22.4. The summed E-state index contributed by atoms with van der Waals surface area (Å²) in [4.78, 5) is 39.2. The Hall–Kier alpha value is -16.1. The first-order valence-corrected chi connectivity index (χ1v) is 37.1. The molecule has 0 bridgehead atoms. The van der Waals surface area contributed by atoms with Crippen molar-refractivity contribution in [2.24, 2.45) is 0 Å². The van der Waals surface area contributed by atoms with Gasteiger partial charge in [0, 0.05) is 91.3 Å². The van der Waals surface area contributed by atoms with Crippen molar-refractivity contribution in [1.82, 2.24) is 49.0 Å². The molecule has 0 saturated heterocycles. The molecule has 0 atom stereocenters. The van der Waals surface area contributed by atoms with Crippen LogP contribution in [0.2, 0.25) is 0 Å². The Morgan fingerprint density at radius 1 is 0.228 bits per heavy atom. The number of fused-ring (bicyclic) bond motifs is 14. The van der Waals surface area contributed by atoms with Gasteiger partial charge in [-0.15, -0.1) is 0 Å². The van der Waals surface area contributed by atoms with Crippen LogP contribution in [-0.4, -0.2) is 49.0 Å². The Bertz CT molecular complexity index is 6580. The van der Waals surface area contributed by atoms with Crippen LogP contribution in [0.1, 0.15) is 0 Å². The van der Waals surface area contributed by atoms with E-state index >= 15 is 0 Å². The average Bonchev–Trinajstić information content (AvgIpc) is 1.58. The highest BCUT2D eigenvalue weighted by Gasteiger charge is 2.28. The highest BCUT2D eigenvalue weighted by molar-refractivity contribution is 6.10. The number of nitrogens with zero attached hydrogens (tertiary/aromatic N) is 12. The summed E-state index contributed by atoms with van der Waals surface area (Å²) < 4.78 is 40.1. The fourth-order valence-electron chi connectivity index (χ4n) is 15.0. The summed E-state index contributed by atoms with van der Waals surface area (Å²) in [5, 5.41) is 5.03. The third kappa shape index (κ3) is 12.0. The van der Waals surface area contributed by atoms with Crippen LogP contribution in [0.5, 0.6) is 23.0 Å². The number of hydrogen-bond acceptors (Lipinski definition) is 16. The highest BCUT2D eigenvalue weighted by Crippen LogP contribution is 2.52. The van der Waals surface area contributed by atoms with Crippen LogP contribution in [0.4, 0.5) is 34.1 Å². The van der Waals surface area contributed by atoms with E-state index < -0.39 is 0 Å². The van der Waals surface area contributed by atoms with E-state index in [2.05, 4.69) is 241 Å². The number of anilines is 6. The second-order valence-electron chi connectivity index (χ2n) is 27.1. The van der Waals surface area contributed by atoms with E-state index in [4.69, 9.17) is 27.1 Å². The van der Waals surface area contributed by atoms with E-state index in [-0.39, 0.29) is 0 Å². The first-order valence-electron chi connectivity index (χ1n) is 37.1. The SMILES string of the molecule is c1ccc2c(c1)Oc1ccccc1N2c1ccc(-c2nc3ccncc3o2)cc1.c1ccc2c(c1)Oc1ccccc1N2c1ccc(-c2nc3ncccc3o2)cc1.c1ccc2c(c1)c1ccccc1n2-c1ccc(-c2nc3ccncc3o2)cc1.c1cnc2nc(-c3ccc(-n4c5ccccc5c5ccccc54)cc3)oc2c1. The minimum absolute atomic E-state index is 0.563. The van der Waals surface area contributed by atoms with Gasteiger partial charge < -0.3 is 46.1 Å². The number of ether oxygens (including phenoxy) is 2. The maximum Gasteiger partial charge on any atom is 0.228 e. The fourth-order valence-corrected chi connectivity index (χ4v) is 15.0. The van der Waals surface area contributed by atoms with Crippen molar-refractivity contribution in [1.29, 1.82) is 0 Å². The Kier molecular flexibility index (Phi) is 16.3. The van der Waals surface area contributed by atoms with Gasteiger partial charge in [0.25, 0.3) is 0 Å². The van der Waals surface area contributed by atoms with Gasteiger partial charge in [0.15, 0.2) is 56.6 Å². The second-order valence-corrected chi connectivity index (χ2v) is 27.1. The van der Waals surface area contributed by atoms with Gasteiger partial charge in [-0.1, -0.05) is 121 Å². The summed E-state index contributed by atoms with van der Waals surface area (Å²) in [6, 6.07) is 110. The van der Waals surface area contributed by atoms with Gasteiger partial charge in [-0.3, -0.25) is 9.97 Å². The van der Waals surface area contributed by atoms with Gasteiger partial charge in [0.1, 0.15) is 11.0 Å². The first kappa shape index (κ1) is 66.1. The van der Waals surface area contributed by atoms with Crippen LogP contribution in [0.15, 0.2) is 382 Å². The second kappa shape index (κ2) is 28.2. The molecule has 0 radical (unpaired) electrons. The van der Waals surface area contributed by atoms with E-state index in [1.54, 1.807) is 37.2 Å². The van der Waals surface area contributed by atoms with Gasteiger partial charge in [-0.2, -0.15) is 9.97 Å². The first-order chi connectivity index (χ1) is 56.5. The molecule has 0 unspecified atom stereocenters. The van der Waals surface area contributed by atoms with Gasteiger partial charge in [0.2, 0.25) is 23.6 Å². The number of aromatic nitrogens is 10. The predicted octanol–water partition coefficient (Wildman–Crippen LogP) is 24.9. The lowest BCUT2D eigenvalue weighted by Crippen LogP contribution is -2.15. The predicted molar refractivity (Wildman–Crippen MR) is 447 cm³/mol. The summed E-state index contributed by atoms with van der Waals surface area (Å²) in [7, 11) is 0. The van der Waals surface area contributed by atoms with Crippen molar-refractivity contribution in [3.8, 4) is 80.2 Å². The summed E-state index contributed by atoms with van der Waals surface area (Å²) in [6.45, 7) is 0.